The molecule has 1 aromatic rings. The third-order valence-corrected chi connectivity index (χ3v) is 7.13. The van der Waals surface area contributed by atoms with Crippen LogP contribution in [-0.2, 0) is 20.9 Å². The first kappa shape index (κ1) is 17.0. The van der Waals surface area contributed by atoms with Gasteiger partial charge >= 0.3 is 5.04 Å². The van der Waals surface area contributed by atoms with Crippen molar-refractivity contribution in [2.75, 3.05) is 0 Å². The van der Waals surface area contributed by atoms with Crippen molar-refractivity contribution in [2.24, 2.45) is 0 Å². The molecule has 9 heteroatoms. The van der Waals surface area contributed by atoms with Crippen LogP contribution in [0.25, 0.3) is 5.53 Å². The van der Waals surface area contributed by atoms with E-state index in [2.05, 4.69) is 4.79 Å². The topological polar surface area (TPSA) is 108 Å². The Morgan fingerprint density at radius 2 is 1.77 bits per heavy atom. The molecule has 2 rings (SSSR count). The van der Waals surface area contributed by atoms with Crippen molar-refractivity contribution >= 4 is 26.0 Å². The third-order valence-electron chi connectivity index (χ3n) is 3.85. The zero-order chi connectivity index (χ0) is 16.4. The summed E-state index contributed by atoms with van der Waals surface area (Å²) in [6.07, 6.45) is 2.20. The van der Waals surface area contributed by atoms with Crippen LogP contribution in [0.4, 0.5) is 4.39 Å². The zero-order valence-corrected chi connectivity index (χ0v) is 13.2. The van der Waals surface area contributed by atoms with Crippen LogP contribution >= 0.6 is 0 Å². The van der Waals surface area contributed by atoms with Crippen LogP contribution in [0, 0.1) is 5.82 Å². The normalized spacial score (nSPS) is 19.2. The summed E-state index contributed by atoms with van der Waals surface area (Å²) in [5, 5.41) is -0.729. The Bertz CT molecular complexity index is 734. The van der Waals surface area contributed by atoms with Crippen molar-refractivity contribution in [3.05, 3.63) is 35.6 Å². The molecule has 22 heavy (non-hydrogen) atoms. The van der Waals surface area contributed by atoms with E-state index in [0.29, 0.717) is 12.8 Å². The minimum Gasteiger partial charge on any atom is -0.360 e. The summed E-state index contributed by atoms with van der Waals surface area (Å²) in [4.78, 5) is 2.58. The number of hydrogen-bond donors (Lipinski definition) is 1. The fourth-order valence-corrected chi connectivity index (χ4v) is 5.59. The van der Waals surface area contributed by atoms with Gasteiger partial charge in [-0.25, -0.2) is 17.0 Å². The van der Waals surface area contributed by atoms with Crippen LogP contribution in [0.1, 0.15) is 32.1 Å². The lowest BCUT2D eigenvalue weighted by molar-refractivity contribution is -0.00757. The number of benzene rings is 1. The number of hydrogen-bond acceptors (Lipinski definition) is 3. The van der Waals surface area contributed by atoms with Gasteiger partial charge in [0, 0.05) is 0 Å². The average molecular weight is 346 g/mol. The number of rotatable bonds is 3. The Morgan fingerprint density at radius 1 is 1.23 bits per heavy atom. The lowest BCUT2D eigenvalue weighted by Crippen LogP contribution is -2.48. The van der Waals surface area contributed by atoms with Gasteiger partial charge in [-0.15, -0.1) is 0 Å². The maximum Gasteiger partial charge on any atom is 0.406 e. The van der Waals surface area contributed by atoms with Crippen LogP contribution in [0.5, 0.6) is 0 Å². The smallest absolute Gasteiger partial charge is 0.360 e. The molecule has 1 saturated carbocycles. The molecule has 1 aliphatic carbocycles. The molecule has 120 valence electrons. The molecule has 0 aliphatic heterocycles. The van der Waals surface area contributed by atoms with Crippen LogP contribution in [0.15, 0.2) is 29.2 Å². The fraction of sp³-hybridized carbons (Fsp3) is 0.462. The van der Waals surface area contributed by atoms with E-state index < -0.39 is 36.5 Å². The first-order chi connectivity index (χ1) is 10.3. The zero-order valence-electron chi connectivity index (χ0n) is 11.6. The summed E-state index contributed by atoms with van der Waals surface area (Å²) in [7, 11) is -4.29. The van der Waals surface area contributed by atoms with Gasteiger partial charge in [0.05, 0.1) is 4.90 Å². The Kier molecular flexibility index (Phi) is 4.91. The molecule has 0 spiro atoms. The Hall–Kier alpha value is -1.41. The maximum absolute atomic E-state index is 13.0. The molecule has 1 atom stereocenters. The first-order valence-electron chi connectivity index (χ1n) is 6.69. The summed E-state index contributed by atoms with van der Waals surface area (Å²) in [6.45, 7) is 0. The molecule has 0 saturated heterocycles. The fourth-order valence-electron chi connectivity index (χ4n) is 2.70. The summed E-state index contributed by atoms with van der Waals surface area (Å²) in [6, 6.07) is 4.00. The molecule has 1 aromatic carbocycles. The Labute approximate surface area is 130 Å². The van der Waals surface area contributed by atoms with Crippen LogP contribution in [-0.4, -0.2) is 31.8 Å². The lowest BCUT2D eigenvalue weighted by atomic mass is 9.89. The minimum atomic E-state index is -4.29. The van der Waals surface area contributed by atoms with Gasteiger partial charge < -0.3 is 10.1 Å². The molecule has 1 N–H and O–H groups in total. The molecule has 0 bridgehead atoms. The van der Waals surface area contributed by atoms with E-state index in [1.165, 1.54) is 0 Å². The van der Waals surface area contributed by atoms with Gasteiger partial charge in [0.15, 0.2) is 15.8 Å². The van der Waals surface area contributed by atoms with Gasteiger partial charge in [0.2, 0.25) is 0 Å². The first-order valence-corrected chi connectivity index (χ1v) is 9.28. The lowest BCUT2D eigenvalue weighted by Gasteiger charge is -2.29. The van der Waals surface area contributed by atoms with Crippen molar-refractivity contribution in [3.63, 3.8) is 0 Å². The predicted octanol–water partition coefficient (Wildman–Crippen LogP) is 2.15. The highest BCUT2D eigenvalue weighted by atomic mass is 32.2. The Balaban J connectivity index is 2.57. The molecule has 1 aliphatic rings. The van der Waals surface area contributed by atoms with Gasteiger partial charge in [0.1, 0.15) is 5.82 Å². The van der Waals surface area contributed by atoms with Gasteiger partial charge in [-0.2, -0.15) is 4.79 Å². The Morgan fingerprint density at radius 3 is 2.23 bits per heavy atom. The summed E-state index contributed by atoms with van der Waals surface area (Å²) >= 11 is -2.51. The van der Waals surface area contributed by atoms with Crippen LogP contribution in [0.2, 0.25) is 0 Å². The molecule has 0 amide bonds. The monoisotopic (exact) mass is 346 g/mol. The van der Waals surface area contributed by atoms with E-state index in [1.807, 2.05) is 0 Å². The molecule has 1 unspecified atom stereocenters. The summed E-state index contributed by atoms with van der Waals surface area (Å²) < 4.78 is 58.0. The highest BCUT2D eigenvalue weighted by molar-refractivity contribution is 8.08. The average Bonchev–Trinajstić information content (AvgIpc) is 2.49. The maximum atomic E-state index is 13.0. The van der Waals surface area contributed by atoms with Crippen LogP contribution < -0.4 is 0 Å². The molecule has 0 radical (unpaired) electrons. The van der Waals surface area contributed by atoms with E-state index >= 15 is 0 Å². The SMILES string of the molecule is [N-]=[N+]=C(C1(S(=O)O)CCCCC1)S(=O)(=O)c1ccc(F)cc1. The van der Waals surface area contributed by atoms with E-state index in [4.69, 9.17) is 0 Å². The minimum absolute atomic E-state index is 0.135. The van der Waals surface area contributed by atoms with Crippen molar-refractivity contribution in [1.82, 2.24) is 0 Å². The molecular formula is C13H15FN2O4S2. The summed E-state index contributed by atoms with van der Waals surface area (Å²) in [5.74, 6) is -0.612. The van der Waals surface area contributed by atoms with Crippen LogP contribution in [0.3, 0.4) is 0 Å². The van der Waals surface area contributed by atoms with Gasteiger partial charge in [0.25, 0.3) is 9.84 Å². The highest BCUT2D eigenvalue weighted by Gasteiger charge is 2.55. The molecular weight excluding hydrogens is 331 g/mol. The van der Waals surface area contributed by atoms with Gasteiger partial charge in [-0.3, -0.25) is 0 Å². The molecule has 6 nitrogen and oxygen atoms in total. The number of nitrogens with zero attached hydrogens (tertiary/aromatic N) is 2. The summed E-state index contributed by atoms with van der Waals surface area (Å²) in [5.41, 5.74) is 9.23. The van der Waals surface area contributed by atoms with Crippen molar-refractivity contribution in [1.29, 1.82) is 0 Å². The standard InChI is InChI=1S/C13H15FN2O4S2/c14-10-4-6-11(7-5-10)22(19,20)12(16-15)13(21(17)18)8-2-1-3-9-13/h4-7H,1-3,8-9H2,(H,17,18). The largest absolute Gasteiger partial charge is 0.406 e. The molecule has 0 heterocycles. The highest BCUT2D eigenvalue weighted by Crippen LogP contribution is 2.36. The molecule has 0 aromatic heterocycles. The van der Waals surface area contributed by atoms with E-state index in [9.17, 15) is 27.1 Å². The third kappa shape index (κ3) is 2.89. The number of sulfone groups is 1. The second-order valence-electron chi connectivity index (χ2n) is 5.17. The van der Waals surface area contributed by atoms with E-state index in [0.717, 1.165) is 30.7 Å². The quantitative estimate of drug-likeness (QED) is 0.226. The van der Waals surface area contributed by atoms with Gasteiger partial charge in [-0.1, -0.05) is 19.3 Å². The van der Waals surface area contributed by atoms with Crippen molar-refractivity contribution in [3.8, 4) is 0 Å². The number of halogens is 1. The van der Waals surface area contributed by atoms with E-state index in [-0.39, 0.29) is 17.7 Å². The second-order valence-corrected chi connectivity index (χ2v) is 8.31. The molecule has 1 fully saturated rings. The van der Waals surface area contributed by atoms with Crippen molar-refractivity contribution < 1.29 is 26.4 Å². The van der Waals surface area contributed by atoms with Gasteiger partial charge in [-0.05, 0) is 37.1 Å². The second kappa shape index (κ2) is 6.37. The predicted molar refractivity (Wildman–Crippen MR) is 78.8 cm³/mol. The van der Waals surface area contributed by atoms with Crippen molar-refractivity contribution in [2.45, 2.75) is 41.7 Å². The van der Waals surface area contributed by atoms with E-state index in [1.54, 1.807) is 0 Å².